The van der Waals surface area contributed by atoms with E-state index in [1.54, 1.807) is 38.4 Å². The first-order chi connectivity index (χ1) is 10.8. The van der Waals surface area contributed by atoms with Gasteiger partial charge in [-0.05, 0) is 30.4 Å². The van der Waals surface area contributed by atoms with Gasteiger partial charge < -0.3 is 20.3 Å². The third-order valence-electron chi connectivity index (χ3n) is 2.81. The molecule has 0 aliphatic heterocycles. The minimum absolute atomic E-state index is 0.0161. The Bertz CT molecular complexity index is 616. The highest BCUT2D eigenvalue weighted by atomic mass is 32.1. The highest BCUT2D eigenvalue weighted by Gasteiger charge is 2.11. The number of thiocarbonyl (C=S) groups is 1. The predicted octanol–water partition coefficient (Wildman–Crippen LogP) is 1.15. The number of amides is 2. The Morgan fingerprint density at radius 2 is 1.91 bits per heavy atom. The molecule has 0 unspecified atom stereocenters. The number of nitrogens with zero attached hydrogens (tertiary/aromatic N) is 1. The number of rotatable bonds is 5. The summed E-state index contributed by atoms with van der Waals surface area (Å²) in [5.74, 6) is -0.996. The molecule has 0 heterocycles. The van der Waals surface area contributed by atoms with Gasteiger partial charge in [-0.3, -0.25) is 14.4 Å². The van der Waals surface area contributed by atoms with Crippen LogP contribution in [0.25, 0.3) is 0 Å². The predicted molar refractivity (Wildman–Crippen MR) is 90.1 cm³/mol. The van der Waals surface area contributed by atoms with E-state index in [-0.39, 0.29) is 23.9 Å². The summed E-state index contributed by atoms with van der Waals surface area (Å²) in [6.07, 6.45) is -0.0363. The van der Waals surface area contributed by atoms with Gasteiger partial charge in [0.2, 0.25) is 5.91 Å². The Hall–Kier alpha value is -2.48. The number of nitrogens with one attached hydrogen (secondary N) is 2. The number of hydrogen-bond acceptors (Lipinski definition) is 5. The van der Waals surface area contributed by atoms with Crippen LogP contribution < -0.4 is 10.6 Å². The standard InChI is InChI=1S/C15H19N3O4S/c1-18(2)14(21)10-5-4-6-11(9-10)16-15(23)17-12(19)7-8-13(20)22-3/h4-6,9H,7-8H2,1-3H3,(H2,16,17,19,23). The molecule has 2 N–H and O–H groups in total. The van der Waals surface area contributed by atoms with E-state index in [4.69, 9.17) is 12.2 Å². The van der Waals surface area contributed by atoms with Crippen molar-refractivity contribution >= 4 is 40.8 Å². The van der Waals surface area contributed by atoms with E-state index in [1.165, 1.54) is 12.0 Å². The van der Waals surface area contributed by atoms with E-state index in [0.29, 0.717) is 11.3 Å². The minimum atomic E-state index is -0.464. The third-order valence-corrected chi connectivity index (χ3v) is 3.01. The van der Waals surface area contributed by atoms with Crippen LogP contribution in [-0.2, 0) is 14.3 Å². The van der Waals surface area contributed by atoms with Crippen molar-refractivity contribution in [3.05, 3.63) is 29.8 Å². The van der Waals surface area contributed by atoms with Crippen molar-refractivity contribution in [1.82, 2.24) is 10.2 Å². The maximum absolute atomic E-state index is 11.9. The first-order valence-corrected chi connectivity index (χ1v) is 7.23. The van der Waals surface area contributed by atoms with E-state index < -0.39 is 11.9 Å². The van der Waals surface area contributed by atoms with Crippen LogP contribution >= 0.6 is 12.2 Å². The molecule has 0 atom stereocenters. The Labute approximate surface area is 140 Å². The molecule has 1 rings (SSSR count). The van der Waals surface area contributed by atoms with Crippen molar-refractivity contribution < 1.29 is 19.1 Å². The van der Waals surface area contributed by atoms with Gasteiger partial charge in [-0.1, -0.05) is 6.07 Å². The highest BCUT2D eigenvalue weighted by Crippen LogP contribution is 2.12. The maximum atomic E-state index is 11.9. The summed E-state index contributed by atoms with van der Waals surface area (Å²) in [7, 11) is 4.58. The number of benzene rings is 1. The molecule has 0 spiro atoms. The fourth-order valence-electron chi connectivity index (χ4n) is 1.66. The molecular formula is C15H19N3O4S. The molecule has 23 heavy (non-hydrogen) atoms. The van der Waals surface area contributed by atoms with Gasteiger partial charge in [-0.15, -0.1) is 0 Å². The summed E-state index contributed by atoms with van der Waals surface area (Å²) in [5.41, 5.74) is 1.08. The van der Waals surface area contributed by atoms with Crippen LogP contribution in [0.5, 0.6) is 0 Å². The van der Waals surface area contributed by atoms with E-state index in [2.05, 4.69) is 15.4 Å². The number of carbonyl (C=O) groups excluding carboxylic acids is 3. The fourth-order valence-corrected chi connectivity index (χ4v) is 1.89. The molecule has 0 fully saturated rings. The molecule has 0 bridgehead atoms. The second kappa shape index (κ2) is 8.84. The number of carbonyl (C=O) groups is 3. The maximum Gasteiger partial charge on any atom is 0.306 e. The molecule has 0 radical (unpaired) electrons. The van der Waals surface area contributed by atoms with E-state index >= 15 is 0 Å². The van der Waals surface area contributed by atoms with E-state index in [0.717, 1.165) is 0 Å². The third kappa shape index (κ3) is 6.43. The van der Waals surface area contributed by atoms with Gasteiger partial charge in [0, 0.05) is 31.8 Å². The van der Waals surface area contributed by atoms with Gasteiger partial charge in [-0.2, -0.15) is 0 Å². The average Bonchev–Trinajstić information content (AvgIpc) is 2.51. The lowest BCUT2D eigenvalue weighted by Crippen LogP contribution is -2.34. The zero-order valence-corrected chi connectivity index (χ0v) is 14.0. The summed E-state index contributed by atoms with van der Waals surface area (Å²) in [5, 5.41) is 5.37. The fraction of sp³-hybridized carbons (Fsp3) is 0.333. The average molecular weight is 337 g/mol. The number of methoxy groups -OCH3 is 1. The van der Waals surface area contributed by atoms with Gasteiger partial charge >= 0.3 is 5.97 Å². The molecular weight excluding hydrogens is 318 g/mol. The molecule has 0 saturated heterocycles. The summed E-state index contributed by atoms with van der Waals surface area (Å²) in [6.45, 7) is 0. The van der Waals surface area contributed by atoms with Crippen molar-refractivity contribution in [1.29, 1.82) is 0 Å². The summed E-state index contributed by atoms with van der Waals surface area (Å²) >= 11 is 5.03. The lowest BCUT2D eigenvalue weighted by atomic mass is 10.2. The van der Waals surface area contributed by atoms with Gasteiger partial charge in [0.05, 0.1) is 13.5 Å². The van der Waals surface area contributed by atoms with Crippen LogP contribution in [0.4, 0.5) is 5.69 Å². The van der Waals surface area contributed by atoms with Crippen LogP contribution in [0, 0.1) is 0 Å². The Kier molecular flexibility index (Phi) is 7.14. The lowest BCUT2D eigenvalue weighted by Gasteiger charge is -2.13. The number of hydrogen-bond donors (Lipinski definition) is 2. The summed E-state index contributed by atoms with van der Waals surface area (Å²) in [4.78, 5) is 35.9. The van der Waals surface area contributed by atoms with Crippen LogP contribution in [0.1, 0.15) is 23.2 Å². The SMILES string of the molecule is COC(=O)CCC(=O)NC(=S)Nc1cccc(C(=O)N(C)C)c1. The number of anilines is 1. The quantitative estimate of drug-likeness (QED) is 0.619. The molecule has 7 nitrogen and oxygen atoms in total. The van der Waals surface area contributed by atoms with Crippen molar-refractivity contribution in [3.63, 3.8) is 0 Å². The van der Waals surface area contributed by atoms with Crippen molar-refractivity contribution in [2.45, 2.75) is 12.8 Å². The van der Waals surface area contributed by atoms with E-state index in [9.17, 15) is 14.4 Å². The second-order valence-corrected chi connectivity index (χ2v) is 5.27. The first-order valence-electron chi connectivity index (χ1n) is 6.83. The molecule has 124 valence electrons. The van der Waals surface area contributed by atoms with Crippen molar-refractivity contribution in [2.24, 2.45) is 0 Å². The summed E-state index contributed by atoms with van der Waals surface area (Å²) < 4.78 is 4.45. The molecule has 0 saturated carbocycles. The van der Waals surface area contributed by atoms with Crippen LogP contribution in [0.3, 0.4) is 0 Å². The van der Waals surface area contributed by atoms with Gasteiger partial charge in [0.1, 0.15) is 0 Å². The molecule has 0 aliphatic rings. The Morgan fingerprint density at radius 3 is 2.52 bits per heavy atom. The smallest absolute Gasteiger partial charge is 0.306 e. The first kappa shape index (κ1) is 18.6. The molecule has 2 amide bonds. The largest absolute Gasteiger partial charge is 0.469 e. The molecule has 0 aliphatic carbocycles. The summed E-state index contributed by atoms with van der Waals surface area (Å²) in [6, 6.07) is 6.75. The zero-order valence-electron chi connectivity index (χ0n) is 13.2. The minimum Gasteiger partial charge on any atom is -0.469 e. The number of ether oxygens (including phenoxy) is 1. The van der Waals surface area contributed by atoms with Crippen LogP contribution in [-0.4, -0.2) is 49.0 Å². The topological polar surface area (TPSA) is 87.7 Å². The van der Waals surface area contributed by atoms with Crippen LogP contribution in [0.2, 0.25) is 0 Å². The van der Waals surface area contributed by atoms with Gasteiger partial charge in [0.25, 0.3) is 5.91 Å². The second-order valence-electron chi connectivity index (χ2n) is 4.86. The monoisotopic (exact) mass is 337 g/mol. The molecule has 0 aromatic heterocycles. The van der Waals surface area contributed by atoms with Gasteiger partial charge in [0.15, 0.2) is 5.11 Å². The Balaban J connectivity index is 2.57. The van der Waals surface area contributed by atoms with Crippen LogP contribution in [0.15, 0.2) is 24.3 Å². The Morgan fingerprint density at radius 1 is 1.22 bits per heavy atom. The molecule has 1 aromatic rings. The van der Waals surface area contributed by atoms with Gasteiger partial charge in [-0.25, -0.2) is 0 Å². The van der Waals surface area contributed by atoms with Crippen molar-refractivity contribution in [2.75, 3.05) is 26.5 Å². The zero-order chi connectivity index (χ0) is 17.4. The number of esters is 1. The highest BCUT2D eigenvalue weighted by molar-refractivity contribution is 7.80. The normalized spacial score (nSPS) is 9.70. The lowest BCUT2D eigenvalue weighted by molar-refractivity contribution is -0.142. The molecule has 8 heteroatoms. The van der Waals surface area contributed by atoms with Crippen molar-refractivity contribution in [3.8, 4) is 0 Å². The van der Waals surface area contributed by atoms with E-state index in [1.807, 2.05) is 0 Å². The molecule has 1 aromatic carbocycles.